The number of nitrogens with one attached hydrogen (secondary N) is 2. The summed E-state index contributed by atoms with van der Waals surface area (Å²) in [4.78, 5) is 24.4. The van der Waals surface area contributed by atoms with Gasteiger partial charge in [0.05, 0.1) is 0 Å². The molecule has 0 saturated carbocycles. The molecular weight excluding hydrogens is 280 g/mol. The zero-order valence-electron chi connectivity index (χ0n) is 12.6. The summed E-state index contributed by atoms with van der Waals surface area (Å²) in [5, 5.41) is 7.01. The van der Waals surface area contributed by atoms with Gasteiger partial charge in [-0.05, 0) is 50.9 Å². The van der Waals surface area contributed by atoms with Gasteiger partial charge in [-0.3, -0.25) is 4.79 Å². The summed E-state index contributed by atoms with van der Waals surface area (Å²) in [6.07, 6.45) is 2.20. The Morgan fingerprint density at radius 1 is 1.41 bits per heavy atom. The summed E-state index contributed by atoms with van der Waals surface area (Å²) in [5.41, 5.74) is -0.0342. The van der Waals surface area contributed by atoms with Crippen LogP contribution in [0.2, 0.25) is 0 Å². The van der Waals surface area contributed by atoms with Gasteiger partial charge in [-0.1, -0.05) is 18.2 Å². The van der Waals surface area contributed by atoms with E-state index in [4.69, 9.17) is 4.42 Å². The van der Waals surface area contributed by atoms with Gasteiger partial charge >= 0.3 is 5.63 Å². The second-order valence-corrected chi connectivity index (χ2v) is 5.85. The minimum absolute atomic E-state index is 0.0196. The van der Waals surface area contributed by atoms with Crippen LogP contribution >= 0.6 is 0 Å². The van der Waals surface area contributed by atoms with Gasteiger partial charge in [-0.2, -0.15) is 0 Å². The minimum atomic E-state index is -0.592. The van der Waals surface area contributed by atoms with Crippen LogP contribution in [0.25, 0.3) is 11.0 Å². The molecule has 2 aromatic rings. The molecule has 0 bridgehead atoms. The van der Waals surface area contributed by atoms with E-state index in [2.05, 4.69) is 10.6 Å². The molecule has 116 valence electrons. The number of amides is 1. The summed E-state index contributed by atoms with van der Waals surface area (Å²) in [6.45, 7) is 3.91. The van der Waals surface area contributed by atoms with Gasteiger partial charge in [0.25, 0.3) is 5.91 Å². The topological polar surface area (TPSA) is 71.3 Å². The van der Waals surface area contributed by atoms with Gasteiger partial charge in [-0.25, -0.2) is 4.79 Å². The number of hydrogen-bond donors (Lipinski definition) is 2. The number of carbonyl (C=O) groups is 1. The number of piperidine rings is 1. The second-order valence-electron chi connectivity index (χ2n) is 5.85. The Morgan fingerprint density at radius 2 is 2.23 bits per heavy atom. The van der Waals surface area contributed by atoms with E-state index in [0.717, 1.165) is 31.3 Å². The van der Waals surface area contributed by atoms with E-state index < -0.39 is 5.63 Å². The molecule has 0 spiro atoms. The zero-order chi connectivity index (χ0) is 15.5. The van der Waals surface area contributed by atoms with Crippen LogP contribution in [0.3, 0.4) is 0 Å². The van der Waals surface area contributed by atoms with Crippen molar-refractivity contribution in [3.63, 3.8) is 0 Å². The highest BCUT2D eigenvalue weighted by Crippen LogP contribution is 2.16. The lowest BCUT2D eigenvalue weighted by Gasteiger charge is -2.28. The molecule has 2 heterocycles. The molecule has 22 heavy (non-hydrogen) atoms. The second kappa shape index (κ2) is 6.32. The highest BCUT2D eigenvalue weighted by atomic mass is 16.4. The van der Waals surface area contributed by atoms with Gasteiger partial charge in [0.2, 0.25) is 0 Å². The molecule has 1 amide bonds. The minimum Gasteiger partial charge on any atom is -0.422 e. The van der Waals surface area contributed by atoms with E-state index in [1.54, 1.807) is 18.2 Å². The van der Waals surface area contributed by atoms with Crippen LogP contribution in [0.5, 0.6) is 0 Å². The van der Waals surface area contributed by atoms with Gasteiger partial charge in [-0.15, -0.1) is 0 Å². The molecular formula is C17H20N2O3. The van der Waals surface area contributed by atoms with E-state index in [-0.39, 0.29) is 17.5 Å². The van der Waals surface area contributed by atoms with E-state index in [1.165, 1.54) is 0 Å². The fourth-order valence-electron chi connectivity index (χ4n) is 2.93. The summed E-state index contributed by atoms with van der Waals surface area (Å²) in [6, 6.07) is 8.80. The van der Waals surface area contributed by atoms with Crippen molar-refractivity contribution >= 4 is 16.9 Å². The Morgan fingerprint density at radius 3 is 3.00 bits per heavy atom. The van der Waals surface area contributed by atoms with Crippen LogP contribution in [-0.2, 0) is 0 Å². The molecule has 1 saturated heterocycles. The molecule has 2 unspecified atom stereocenters. The summed E-state index contributed by atoms with van der Waals surface area (Å²) >= 11 is 0. The molecule has 2 atom stereocenters. The molecule has 1 aliphatic rings. The molecule has 3 rings (SSSR count). The number of carbonyl (C=O) groups excluding carboxylic acids is 1. The Kier molecular flexibility index (Phi) is 4.24. The zero-order valence-corrected chi connectivity index (χ0v) is 12.6. The number of fused-ring (bicyclic) bond motifs is 1. The van der Waals surface area contributed by atoms with Crippen molar-refractivity contribution < 1.29 is 9.21 Å². The number of para-hydroxylation sites is 1. The summed E-state index contributed by atoms with van der Waals surface area (Å²) in [5.74, 6) is 0.0303. The average molecular weight is 300 g/mol. The Bertz CT molecular complexity index is 732. The first-order valence-electron chi connectivity index (χ1n) is 7.69. The van der Waals surface area contributed by atoms with Gasteiger partial charge in [0.15, 0.2) is 0 Å². The van der Waals surface area contributed by atoms with Crippen molar-refractivity contribution in [2.45, 2.75) is 25.8 Å². The lowest BCUT2D eigenvalue weighted by Crippen LogP contribution is -2.45. The standard InChI is InChI=1S/C17H20N2O3/c1-11(13-6-4-8-18-10-13)19-16(20)14-9-12-5-2-3-7-15(12)22-17(14)21/h2-3,5,7,9,11,13,18H,4,6,8,10H2,1H3,(H,19,20). The Hall–Kier alpha value is -2.14. The Labute approximate surface area is 128 Å². The van der Waals surface area contributed by atoms with Crippen molar-refractivity contribution in [1.29, 1.82) is 0 Å². The van der Waals surface area contributed by atoms with Gasteiger partial charge < -0.3 is 15.1 Å². The van der Waals surface area contributed by atoms with Crippen LogP contribution in [0, 0.1) is 5.92 Å². The molecule has 2 N–H and O–H groups in total. The molecule has 0 radical (unpaired) electrons. The van der Waals surface area contributed by atoms with Gasteiger partial charge in [0, 0.05) is 11.4 Å². The van der Waals surface area contributed by atoms with Crippen molar-refractivity contribution in [2.75, 3.05) is 13.1 Å². The van der Waals surface area contributed by atoms with Crippen LogP contribution in [0.15, 0.2) is 39.5 Å². The molecule has 1 fully saturated rings. The Balaban J connectivity index is 1.79. The first-order valence-corrected chi connectivity index (χ1v) is 7.69. The maximum absolute atomic E-state index is 12.4. The molecule has 5 nitrogen and oxygen atoms in total. The average Bonchev–Trinajstić information content (AvgIpc) is 2.54. The maximum atomic E-state index is 12.4. The third kappa shape index (κ3) is 3.04. The predicted octanol–water partition coefficient (Wildman–Crippen LogP) is 1.91. The fourth-order valence-corrected chi connectivity index (χ4v) is 2.93. The molecule has 0 aliphatic carbocycles. The smallest absolute Gasteiger partial charge is 0.349 e. The van der Waals surface area contributed by atoms with Crippen LogP contribution in [0.1, 0.15) is 30.1 Å². The first kappa shape index (κ1) is 14.8. The van der Waals surface area contributed by atoms with Crippen LogP contribution in [0.4, 0.5) is 0 Å². The third-order valence-corrected chi connectivity index (χ3v) is 4.29. The normalized spacial score (nSPS) is 19.8. The van der Waals surface area contributed by atoms with Crippen LogP contribution < -0.4 is 16.3 Å². The van der Waals surface area contributed by atoms with E-state index in [1.807, 2.05) is 19.1 Å². The third-order valence-electron chi connectivity index (χ3n) is 4.29. The highest BCUT2D eigenvalue weighted by molar-refractivity contribution is 5.96. The summed E-state index contributed by atoms with van der Waals surface area (Å²) in [7, 11) is 0. The first-order chi connectivity index (χ1) is 10.6. The lowest BCUT2D eigenvalue weighted by atomic mass is 9.92. The SMILES string of the molecule is CC(NC(=O)c1cc2ccccc2oc1=O)C1CCCNC1. The van der Waals surface area contributed by atoms with Crippen molar-refractivity contribution in [3.05, 3.63) is 46.3 Å². The van der Waals surface area contributed by atoms with Gasteiger partial charge in [0.1, 0.15) is 11.1 Å². The lowest BCUT2D eigenvalue weighted by molar-refractivity contribution is 0.0918. The maximum Gasteiger partial charge on any atom is 0.349 e. The molecule has 1 aliphatic heterocycles. The van der Waals surface area contributed by atoms with Crippen molar-refractivity contribution in [3.8, 4) is 0 Å². The number of hydrogen-bond acceptors (Lipinski definition) is 4. The largest absolute Gasteiger partial charge is 0.422 e. The van der Waals surface area contributed by atoms with E-state index >= 15 is 0 Å². The van der Waals surface area contributed by atoms with E-state index in [9.17, 15) is 9.59 Å². The molecule has 5 heteroatoms. The number of rotatable bonds is 3. The van der Waals surface area contributed by atoms with E-state index in [0.29, 0.717) is 11.5 Å². The fraction of sp³-hybridized carbons (Fsp3) is 0.412. The van der Waals surface area contributed by atoms with Crippen molar-refractivity contribution in [1.82, 2.24) is 10.6 Å². The monoisotopic (exact) mass is 300 g/mol. The quantitative estimate of drug-likeness (QED) is 0.850. The van der Waals surface area contributed by atoms with Crippen molar-refractivity contribution in [2.24, 2.45) is 5.92 Å². The highest BCUT2D eigenvalue weighted by Gasteiger charge is 2.23. The summed E-state index contributed by atoms with van der Waals surface area (Å²) < 4.78 is 5.21. The molecule has 1 aromatic carbocycles. The predicted molar refractivity (Wildman–Crippen MR) is 85.0 cm³/mol. The molecule has 1 aromatic heterocycles. The number of benzene rings is 1. The van der Waals surface area contributed by atoms with Crippen LogP contribution in [-0.4, -0.2) is 25.0 Å².